The summed E-state index contributed by atoms with van der Waals surface area (Å²) < 4.78 is 6.91. The SMILES string of the molecule is CC[C@H](C)NC(=O)[C@H](Cc1ccccc1)N(Cc1cccc(C)c1)C(=O)COc1ccc(I)cc1. The highest BCUT2D eigenvalue weighted by atomic mass is 127. The lowest BCUT2D eigenvalue weighted by Crippen LogP contribution is -2.53. The number of ether oxygens (including phenoxy) is 1. The van der Waals surface area contributed by atoms with Crippen LogP contribution < -0.4 is 10.1 Å². The van der Waals surface area contributed by atoms with Gasteiger partial charge in [-0.1, -0.05) is 67.1 Å². The van der Waals surface area contributed by atoms with Gasteiger partial charge in [0.2, 0.25) is 5.91 Å². The van der Waals surface area contributed by atoms with Crippen LogP contribution in [0.4, 0.5) is 0 Å². The quantitative estimate of drug-likeness (QED) is 0.302. The summed E-state index contributed by atoms with van der Waals surface area (Å²) in [5, 5.41) is 3.09. The third-order valence-corrected chi connectivity index (χ3v) is 6.60. The third-order valence-electron chi connectivity index (χ3n) is 5.88. The Kier molecular flexibility index (Phi) is 10.1. The molecule has 0 aliphatic rings. The third kappa shape index (κ3) is 8.38. The minimum absolute atomic E-state index is 0.0136. The van der Waals surface area contributed by atoms with E-state index in [9.17, 15) is 9.59 Å². The Bertz CT molecular complexity index is 1100. The van der Waals surface area contributed by atoms with Crippen LogP contribution in [-0.4, -0.2) is 35.4 Å². The van der Waals surface area contributed by atoms with E-state index in [0.29, 0.717) is 18.7 Å². The lowest BCUT2D eigenvalue weighted by Gasteiger charge is -2.32. The van der Waals surface area contributed by atoms with Gasteiger partial charge in [-0.3, -0.25) is 9.59 Å². The number of benzene rings is 3. The van der Waals surface area contributed by atoms with Gasteiger partial charge < -0.3 is 15.0 Å². The second-order valence-electron chi connectivity index (χ2n) is 8.78. The van der Waals surface area contributed by atoms with E-state index in [1.54, 1.807) is 4.90 Å². The van der Waals surface area contributed by atoms with Gasteiger partial charge in [0.15, 0.2) is 6.61 Å². The highest BCUT2D eigenvalue weighted by molar-refractivity contribution is 14.1. The molecule has 0 fully saturated rings. The normalized spacial score (nSPS) is 12.5. The number of nitrogens with zero attached hydrogens (tertiary/aromatic N) is 1. The first-order valence-corrected chi connectivity index (χ1v) is 13.0. The standard InChI is InChI=1S/C29H33IN2O3/c1-4-22(3)31-29(34)27(18-23-10-6-5-7-11-23)32(19-24-12-8-9-21(2)17-24)28(33)20-35-26-15-13-25(30)14-16-26/h5-17,22,27H,4,18-20H2,1-3H3,(H,31,34)/t22-,27-/m0/s1. The molecule has 184 valence electrons. The number of carbonyl (C=O) groups is 2. The molecule has 0 saturated heterocycles. The fourth-order valence-electron chi connectivity index (χ4n) is 3.76. The number of hydrogen-bond acceptors (Lipinski definition) is 3. The summed E-state index contributed by atoms with van der Waals surface area (Å²) in [6, 6.07) is 24.7. The Labute approximate surface area is 222 Å². The van der Waals surface area contributed by atoms with Gasteiger partial charge in [0.25, 0.3) is 5.91 Å². The fraction of sp³-hybridized carbons (Fsp3) is 0.310. The van der Waals surface area contributed by atoms with Crippen molar-refractivity contribution in [3.8, 4) is 5.75 Å². The molecule has 35 heavy (non-hydrogen) atoms. The maximum Gasteiger partial charge on any atom is 0.261 e. The van der Waals surface area contributed by atoms with Gasteiger partial charge in [-0.25, -0.2) is 0 Å². The van der Waals surface area contributed by atoms with Crippen LogP contribution in [0.1, 0.15) is 37.0 Å². The van der Waals surface area contributed by atoms with Crippen LogP contribution in [0.3, 0.4) is 0 Å². The maximum absolute atomic E-state index is 13.6. The van der Waals surface area contributed by atoms with E-state index >= 15 is 0 Å². The summed E-state index contributed by atoms with van der Waals surface area (Å²) in [4.78, 5) is 28.7. The van der Waals surface area contributed by atoms with E-state index in [1.807, 2.05) is 99.6 Å². The predicted molar refractivity (Wildman–Crippen MR) is 148 cm³/mol. The number of carbonyl (C=O) groups excluding carboxylic acids is 2. The molecular formula is C29H33IN2O3. The zero-order chi connectivity index (χ0) is 25.2. The average Bonchev–Trinajstić information content (AvgIpc) is 2.86. The van der Waals surface area contributed by atoms with Crippen molar-refractivity contribution in [1.82, 2.24) is 10.2 Å². The molecule has 0 saturated carbocycles. The van der Waals surface area contributed by atoms with E-state index < -0.39 is 6.04 Å². The highest BCUT2D eigenvalue weighted by Gasteiger charge is 2.31. The van der Waals surface area contributed by atoms with Crippen molar-refractivity contribution in [3.63, 3.8) is 0 Å². The van der Waals surface area contributed by atoms with E-state index in [-0.39, 0.29) is 24.5 Å². The Morgan fingerprint density at radius 2 is 1.66 bits per heavy atom. The molecule has 0 heterocycles. The van der Waals surface area contributed by atoms with E-state index in [2.05, 4.69) is 27.9 Å². The van der Waals surface area contributed by atoms with Gasteiger partial charge in [-0.2, -0.15) is 0 Å². The van der Waals surface area contributed by atoms with Crippen LogP contribution >= 0.6 is 22.6 Å². The van der Waals surface area contributed by atoms with Crippen molar-refractivity contribution < 1.29 is 14.3 Å². The van der Waals surface area contributed by atoms with E-state index in [4.69, 9.17) is 4.74 Å². The zero-order valence-electron chi connectivity index (χ0n) is 20.5. The van der Waals surface area contributed by atoms with Crippen LogP contribution in [0, 0.1) is 10.5 Å². The van der Waals surface area contributed by atoms with Gasteiger partial charge in [0.05, 0.1) is 0 Å². The Morgan fingerprint density at radius 1 is 0.971 bits per heavy atom. The van der Waals surface area contributed by atoms with Crippen molar-refractivity contribution in [2.24, 2.45) is 0 Å². The van der Waals surface area contributed by atoms with Crippen molar-refractivity contribution in [3.05, 3.63) is 99.1 Å². The predicted octanol–water partition coefficient (Wildman–Crippen LogP) is 5.53. The number of amides is 2. The highest BCUT2D eigenvalue weighted by Crippen LogP contribution is 2.18. The largest absolute Gasteiger partial charge is 0.484 e. The Hall–Kier alpha value is -2.87. The molecule has 6 heteroatoms. The lowest BCUT2D eigenvalue weighted by molar-refractivity contribution is -0.143. The summed E-state index contributed by atoms with van der Waals surface area (Å²) in [5.41, 5.74) is 3.08. The van der Waals surface area contributed by atoms with Crippen molar-refractivity contribution in [2.75, 3.05) is 6.61 Å². The van der Waals surface area contributed by atoms with Crippen LogP contribution in [0.5, 0.6) is 5.75 Å². The molecule has 3 aromatic rings. The fourth-order valence-corrected chi connectivity index (χ4v) is 4.12. The summed E-state index contributed by atoms with van der Waals surface area (Å²) in [6.07, 6.45) is 1.23. The van der Waals surface area contributed by atoms with Gasteiger partial charge in [-0.05, 0) is 78.3 Å². The van der Waals surface area contributed by atoms with Gasteiger partial charge in [0.1, 0.15) is 11.8 Å². The molecular weight excluding hydrogens is 551 g/mol. The minimum Gasteiger partial charge on any atom is -0.484 e. The van der Waals surface area contributed by atoms with Gasteiger partial charge in [-0.15, -0.1) is 0 Å². The summed E-state index contributed by atoms with van der Waals surface area (Å²) in [6.45, 7) is 6.20. The molecule has 0 aliphatic heterocycles. The second-order valence-corrected chi connectivity index (χ2v) is 10.0. The lowest BCUT2D eigenvalue weighted by atomic mass is 10.0. The van der Waals surface area contributed by atoms with Gasteiger partial charge >= 0.3 is 0 Å². The van der Waals surface area contributed by atoms with E-state index in [0.717, 1.165) is 26.7 Å². The number of halogens is 1. The van der Waals surface area contributed by atoms with Crippen molar-refractivity contribution in [1.29, 1.82) is 0 Å². The zero-order valence-corrected chi connectivity index (χ0v) is 22.7. The van der Waals surface area contributed by atoms with Gasteiger partial charge in [0, 0.05) is 22.6 Å². The molecule has 0 unspecified atom stereocenters. The molecule has 0 aliphatic carbocycles. The van der Waals surface area contributed by atoms with Crippen LogP contribution in [0.2, 0.25) is 0 Å². The number of rotatable bonds is 11. The number of nitrogens with one attached hydrogen (secondary N) is 1. The number of hydrogen-bond donors (Lipinski definition) is 1. The Balaban J connectivity index is 1.90. The summed E-state index contributed by atoms with van der Waals surface area (Å²) in [7, 11) is 0. The van der Waals surface area contributed by atoms with Crippen molar-refractivity contribution >= 4 is 34.4 Å². The number of aryl methyl sites for hydroxylation is 1. The monoisotopic (exact) mass is 584 g/mol. The second kappa shape index (κ2) is 13.3. The molecule has 0 bridgehead atoms. The average molecular weight is 584 g/mol. The molecule has 0 aromatic heterocycles. The first-order valence-electron chi connectivity index (χ1n) is 11.9. The van der Waals surface area contributed by atoms with Crippen LogP contribution in [-0.2, 0) is 22.6 Å². The molecule has 5 nitrogen and oxygen atoms in total. The van der Waals surface area contributed by atoms with Crippen molar-refractivity contribution in [2.45, 2.75) is 52.2 Å². The smallest absolute Gasteiger partial charge is 0.261 e. The first kappa shape index (κ1) is 26.7. The molecule has 0 radical (unpaired) electrons. The molecule has 2 atom stereocenters. The maximum atomic E-state index is 13.6. The summed E-state index contributed by atoms with van der Waals surface area (Å²) in [5.74, 6) is 0.238. The topological polar surface area (TPSA) is 58.6 Å². The van der Waals surface area contributed by atoms with Crippen LogP contribution in [0.25, 0.3) is 0 Å². The minimum atomic E-state index is -0.667. The first-order chi connectivity index (χ1) is 16.9. The molecule has 0 spiro atoms. The molecule has 3 rings (SSSR count). The molecule has 2 amide bonds. The van der Waals surface area contributed by atoms with Crippen LogP contribution in [0.15, 0.2) is 78.9 Å². The molecule has 1 N–H and O–H groups in total. The summed E-state index contributed by atoms with van der Waals surface area (Å²) >= 11 is 2.23. The Morgan fingerprint density at radius 3 is 2.31 bits per heavy atom. The van der Waals surface area contributed by atoms with E-state index in [1.165, 1.54) is 0 Å². The molecule has 3 aromatic carbocycles.